The van der Waals surface area contributed by atoms with Gasteiger partial charge in [-0.3, -0.25) is 4.79 Å². The summed E-state index contributed by atoms with van der Waals surface area (Å²) >= 11 is 0. The molecule has 0 aliphatic carbocycles. The zero-order valence-corrected chi connectivity index (χ0v) is 13.7. The van der Waals surface area contributed by atoms with Gasteiger partial charge in [0.2, 0.25) is 12.7 Å². The number of carbonyl (C=O) groups excluding carboxylic acids is 1. The maximum Gasteiger partial charge on any atom is 0.248 e. The molecular weight excluding hydrogens is 314 g/mol. The van der Waals surface area contributed by atoms with E-state index >= 15 is 0 Å². The van der Waals surface area contributed by atoms with Crippen molar-refractivity contribution in [3.05, 3.63) is 30.9 Å². The summed E-state index contributed by atoms with van der Waals surface area (Å²) in [5, 5.41) is 12.5. The minimum Gasteiger partial charge on any atom is -0.491 e. The van der Waals surface area contributed by atoms with E-state index in [0.717, 1.165) is 0 Å². The van der Waals surface area contributed by atoms with Gasteiger partial charge in [0.1, 0.15) is 24.6 Å². The second-order valence-corrected chi connectivity index (χ2v) is 5.32. The molecule has 132 valence electrons. The van der Waals surface area contributed by atoms with Gasteiger partial charge in [0, 0.05) is 12.6 Å². The minimum atomic E-state index is -0.834. The first-order valence-electron chi connectivity index (χ1n) is 7.81. The van der Waals surface area contributed by atoms with E-state index in [9.17, 15) is 9.90 Å². The summed E-state index contributed by atoms with van der Waals surface area (Å²) in [7, 11) is 0. The predicted octanol–water partition coefficient (Wildman–Crippen LogP) is 1.25. The van der Waals surface area contributed by atoms with Crippen LogP contribution in [-0.2, 0) is 9.53 Å². The fourth-order valence-corrected chi connectivity index (χ4v) is 1.98. The Hall–Kier alpha value is -2.25. The number of amides is 1. The first-order chi connectivity index (χ1) is 11.6. The Bertz CT molecular complexity index is 562. The number of benzene rings is 1. The number of aliphatic hydroxyl groups excluding tert-OH is 1. The SMILES string of the molecule is C=CCCOC(C)C(=O)NCC(O)COc1ccc2c(c1)OCO2. The molecule has 2 unspecified atom stereocenters. The summed E-state index contributed by atoms with van der Waals surface area (Å²) in [6, 6.07) is 5.17. The highest BCUT2D eigenvalue weighted by Crippen LogP contribution is 2.35. The molecule has 7 heteroatoms. The Morgan fingerprint density at radius 1 is 1.46 bits per heavy atom. The van der Waals surface area contributed by atoms with Crippen LogP contribution in [-0.4, -0.2) is 49.8 Å². The van der Waals surface area contributed by atoms with Gasteiger partial charge in [-0.1, -0.05) is 6.08 Å². The Balaban J connectivity index is 1.66. The molecule has 7 nitrogen and oxygen atoms in total. The third kappa shape index (κ3) is 5.43. The van der Waals surface area contributed by atoms with Crippen molar-refractivity contribution in [3.63, 3.8) is 0 Å². The number of ether oxygens (including phenoxy) is 4. The van der Waals surface area contributed by atoms with Gasteiger partial charge in [0.25, 0.3) is 0 Å². The smallest absolute Gasteiger partial charge is 0.248 e. The molecule has 2 N–H and O–H groups in total. The topological polar surface area (TPSA) is 86.3 Å². The molecule has 0 spiro atoms. The largest absolute Gasteiger partial charge is 0.491 e. The molecule has 1 aromatic rings. The molecule has 2 rings (SSSR count). The van der Waals surface area contributed by atoms with Gasteiger partial charge in [-0.25, -0.2) is 0 Å². The summed E-state index contributed by atoms with van der Waals surface area (Å²) in [5.41, 5.74) is 0. The first-order valence-corrected chi connectivity index (χ1v) is 7.81. The number of aliphatic hydroxyl groups is 1. The maximum absolute atomic E-state index is 11.8. The van der Waals surface area contributed by atoms with E-state index in [0.29, 0.717) is 30.3 Å². The highest BCUT2D eigenvalue weighted by Gasteiger charge is 2.16. The van der Waals surface area contributed by atoms with Crippen LogP contribution >= 0.6 is 0 Å². The van der Waals surface area contributed by atoms with Crippen molar-refractivity contribution in [3.8, 4) is 17.2 Å². The second-order valence-electron chi connectivity index (χ2n) is 5.32. The average Bonchev–Trinajstić information content (AvgIpc) is 3.05. The molecule has 1 aromatic carbocycles. The van der Waals surface area contributed by atoms with E-state index in [1.165, 1.54) is 0 Å². The summed E-state index contributed by atoms with van der Waals surface area (Å²) in [6.07, 6.45) is 0.998. The molecule has 0 saturated carbocycles. The summed E-state index contributed by atoms with van der Waals surface area (Å²) in [6.45, 7) is 6.01. The molecule has 0 aromatic heterocycles. The molecule has 0 bridgehead atoms. The van der Waals surface area contributed by atoms with Crippen molar-refractivity contribution in [1.29, 1.82) is 0 Å². The van der Waals surface area contributed by atoms with Crippen LogP contribution in [0.15, 0.2) is 30.9 Å². The maximum atomic E-state index is 11.8. The monoisotopic (exact) mass is 337 g/mol. The van der Waals surface area contributed by atoms with Gasteiger partial charge in [-0.2, -0.15) is 0 Å². The van der Waals surface area contributed by atoms with Crippen molar-refractivity contribution in [2.75, 3.05) is 26.6 Å². The van der Waals surface area contributed by atoms with Gasteiger partial charge < -0.3 is 29.4 Å². The van der Waals surface area contributed by atoms with Gasteiger partial charge >= 0.3 is 0 Å². The number of nitrogens with one attached hydrogen (secondary N) is 1. The molecule has 1 heterocycles. The van der Waals surface area contributed by atoms with E-state index in [1.54, 1.807) is 31.2 Å². The predicted molar refractivity (Wildman–Crippen MR) is 87.3 cm³/mol. The molecular formula is C17H23NO6. The highest BCUT2D eigenvalue weighted by atomic mass is 16.7. The van der Waals surface area contributed by atoms with Crippen molar-refractivity contribution in [1.82, 2.24) is 5.32 Å². The third-order valence-electron chi connectivity index (χ3n) is 3.36. The van der Waals surface area contributed by atoms with Crippen LogP contribution in [0.25, 0.3) is 0 Å². The quantitative estimate of drug-likeness (QED) is 0.494. The Morgan fingerprint density at radius 2 is 2.25 bits per heavy atom. The zero-order chi connectivity index (χ0) is 17.4. The molecule has 1 aliphatic rings. The molecule has 2 atom stereocenters. The summed E-state index contributed by atoms with van der Waals surface area (Å²) in [4.78, 5) is 11.8. The Morgan fingerprint density at radius 3 is 3.04 bits per heavy atom. The Kier molecular flexibility index (Phi) is 6.89. The lowest BCUT2D eigenvalue weighted by Gasteiger charge is -2.16. The van der Waals surface area contributed by atoms with Crippen molar-refractivity contribution in [2.45, 2.75) is 25.6 Å². The number of carbonyl (C=O) groups is 1. The van der Waals surface area contributed by atoms with Crippen molar-refractivity contribution < 1.29 is 28.8 Å². The molecule has 1 aliphatic heterocycles. The highest BCUT2D eigenvalue weighted by molar-refractivity contribution is 5.80. The van der Waals surface area contributed by atoms with E-state index in [4.69, 9.17) is 18.9 Å². The van der Waals surface area contributed by atoms with Crippen LogP contribution < -0.4 is 19.5 Å². The molecule has 1 amide bonds. The van der Waals surface area contributed by atoms with Crippen molar-refractivity contribution >= 4 is 5.91 Å². The van der Waals surface area contributed by atoms with Crippen LogP contribution in [0.5, 0.6) is 17.2 Å². The fourth-order valence-electron chi connectivity index (χ4n) is 1.98. The van der Waals surface area contributed by atoms with Crippen LogP contribution in [0.4, 0.5) is 0 Å². The van der Waals surface area contributed by atoms with Gasteiger partial charge in [-0.05, 0) is 25.5 Å². The molecule has 0 saturated heterocycles. The number of rotatable bonds is 10. The Labute approximate surface area is 141 Å². The number of fused-ring (bicyclic) bond motifs is 1. The lowest BCUT2D eigenvalue weighted by atomic mass is 10.3. The van der Waals surface area contributed by atoms with E-state index in [-0.39, 0.29) is 25.9 Å². The zero-order valence-electron chi connectivity index (χ0n) is 13.7. The van der Waals surface area contributed by atoms with Crippen LogP contribution in [0.1, 0.15) is 13.3 Å². The summed E-state index contributed by atoms with van der Waals surface area (Å²) < 4.78 is 21.3. The third-order valence-corrected chi connectivity index (χ3v) is 3.36. The number of hydrogen-bond donors (Lipinski definition) is 2. The molecule has 0 radical (unpaired) electrons. The van der Waals surface area contributed by atoms with Gasteiger partial charge in [0.05, 0.1) is 6.61 Å². The van der Waals surface area contributed by atoms with Gasteiger partial charge in [0.15, 0.2) is 11.5 Å². The van der Waals surface area contributed by atoms with E-state index in [2.05, 4.69) is 11.9 Å². The van der Waals surface area contributed by atoms with Crippen LogP contribution in [0, 0.1) is 0 Å². The van der Waals surface area contributed by atoms with Crippen LogP contribution in [0.3, 0.4) is 0 Å². The molecule has 0 fully saturated rings. The average molecular weight is 337 g/mol. The number of hydrogen-bond acceptors (Lipinski definition) is 6. The summed E-state index contributed by atoms with van der Waals surface area (Å²) in [5.74, 6) is 1.56. The molecule has 24 heavy (non-hydrogen) atoms. The van der Waals surface area contributed by atoms with Gasteiger partial charge in [-0.15, -0.1) is 6.58 Å². The fraction of sp³-hybridized carbons (Fsp3) is 0.471. The lowest BCUT2D eigenvalue weighted by Crippen LogP contribution is -2.40. The first kappa shape index (κ1) is 18.1. The van der Waals surface area contributed by atoms with E-state index in [1.807, 2.05) is 0 Å². The second kappa shape index (κ2) is 9.14. The lowest BCUT2D eigenvalue weighted by molar-refractivity contribution is -0.132. The standard InChI is InChI=1S/C17H23NO6/c1-3-4-7-21-12(2)17(20)18-9-13(19)10-22-14-5-6-15-16(8-14)24-11-23-15/h3,5-6,8,12-13,19H,1,4,7,9-11H2,2H3,(H,18,20). The van der Waals surface area contributed by atoms with Crippen molar-refractivity contribution in [2.24, 2.45) is 0 Å². The normalized spacial score (nSPS) is 14.8. The van der Waals surface area contributed by atoms with E-state index < -0.39 is 12.2 Å². The minimum absolute atomic E-state index is 0.0472. The van der Waals surface area contributed by atoms with Crippen LogP contribution in [0.2, 0.25) is 0 Å².